The fraction of sp³-hybridized carbons (Fsp3) is 0.941. The van der Waals surface area contributed by atoms with Gasteiger partial charge in [0.15, 0.2) is 0 Å². The average Bonchev–Trinajstić information content (AvgIpc) is 2.91. The number of hydrogen-bond donors (Lipinski definition) is 1. The monoisotopic (exact) mass is 294 g/mol. The Hall–Kier alpha value is -0.610. The second-order valence-electron chi connectivity index (χ2n) is 7.16. The van der Waals surface area contributed by atoms with Crippen molar-refractivity contribution in [3.8, 4) is 0 Å². The first-order valence-corrected chi connectivity index (χ1v) is 8.96. The van der Waals surface area contributed by atoms with E-state index >= 15 is 0 Å². The van der Waals surface area contributed by atoms with E-state index in [0.717, 1.165) is 51.5 Å². The molecule has 2 unspecified atom stereocenters. The van der Waals surface area contributed by atoms with Crippen LogP contribution in [0.5, 0.6) is 0 Å². The van der Waals surface area contributed by atoms with Gasteiger partial charge in [-0.25, -0.2) is 0 Å². The summed E-state index contributed by atoms with van der Waals surface area (Å²) >= 11 is 0. The maximum Gasteiger partial charge on any atom is 0.308 e. The molecule has 2 saturated carbocycles. The van der Waals surface area contributed by atoms with Gasteiger partial charge in [0.2, 0.25) is 0 Å². The molecule has 1 aliphatic heterocycles. The third-order valence-corrected chi connectivity index (χ3v) is 5.96. The van der Waals surface area contributed by atoms with E-state index in [1.165, 1.54) is 38.5 Å². The minimum absolute atomic E-state index is 0.134. The van der Waals surface area contributed by atoms with E-state index in [2.05, 4.69) is 9.80 Å². The molecule has 2 atom stereocenters. The molecule has 0 aromatic carbocycles. The van der Waals surface area contributed by atoms with Crippen molar-refractivity contribution in [2.75, 3.05) is 26.2 Å². The predicted molar refractivity (Wildman–Crippen MR) is 83.4 cm³/mol. The maximum atomic E-state index is 11.6. The Morgan fingerprint density at radius 3 is 2.00 bits per heavy atom. The molecule has 0 spiro atoms. The van der Waals surface area contributed by atoms with E-state index in [4.69, 9.17) is 0 Å². The first-order chi connectivity index (χ1) is 10.3. The van der Waals surface area contributed by atoms with E-state index in [-0.39, 0.29) is 12.0 Å². The highest BCUT2D eigenvalue weighted by Crippen LogP contribution is 2.30. The van der Waals surface area contributed by atoms with Crippen molar-refractivity contribution in [1.82, 2.24) is 9.80 Å². The van der Waals surface area contributed by atoms with Crippen molar-refractivity contribution in [2.45, 2.75) is 69.9 Å². The molecule has 0 bridgehead atoms. The fourth-order valence-corrected chi connectivity index (χ4v) is 4.72. The molecule has 4 heteroatoms. The average molecular weight is 294 g/mol. The lowest BCUT2D eigenvalue weighted by Gasteiger charge is -2.42. The molecule has 0 aromatic heterocycles. The molecule has 3 fully saturated rings. The van der Waals surface area contributed by atoms with E-state index in [9.17, 15) is 9.90 Å². The first kappa shape index (κ1) is 15.3. The van der Waals surface area contributed by atoms with Crippen LogP contribution < -0.4 is 0 Å². The minimum atomic E-state index is -0.569. The molecule has 3 rings (SSSR count). The lowest BCUT2D eigenvalue weighted by molar-refractivity contribution is -0.145. The van der Waals surface area contributed by atoms with E-state index in [1.807, 2.05) is 0 Å². The normalized spacial score (nSPS) is 33.9. The molecule has 3 aliphatic rings. The van der Waals surface area contributed by atoms with Gasteiger partial charge in [0, 0.05) is 38.3 Å². The predicted octanol–water partition coefficient (Wildman–Crippen LogP) is 2.58. The number of carbonyl (C=O) groups is 1. The van der Waals surface area contributed by atoms with E-state index < -0.39 is 5.97 Å². The third-order valence-electron chi connectivity index (χ3n) is 5.96. The molecular formula is C17H30N2O2. The van der Waals surface area contributed by atoms with Gasteiger partial charge in [-0.1, -0.05) is 32.1 Å². The van der Waals surface area contributed by atoms with Gasteiger partial charge in [0.25, 0.3) is 0 Å². The van der Waals surface area contributed by atoms with Crippen LogP contribution in [0.25, 0.3) is 0 Å². The van der Waals surface area contributed by atoms with Crippen molar-refractivity contribution >= 4 is 5.97 Å². The number of carboxylic acids is 1. The largest absolute Gasteiger partial charge is 0.481 e. The standard InChI is InChI=1S/C17H30N2O2/c20-17(21)15-8-2-1-3-9-16(15)19-12-10-18(11-13-19)14-6-4-5-7-14/h14-16H,1-13H2,(H,20,21). The van der Waals surface area contributed by atoms with Gasteiger partial charge in [-0.3, -0.25) is 14.6 Å². The lowest BCUT2D eigenvalue weighted by Crippen LogP contribution is -2.55. The quantitative estimate of drug-likeness (QED) is 0.813. The van der Waals surface area contributed by atoms with Gasteiger partial charge in [-0.05, 0) is 25.7 Å². The zero-order valence-electron chi connectivity index (χ0n) is 13.2. The number of nitrogens with zero attached hydrogens (tertiary/aromatic N) is 2. The van der Waals surface area contributed by atoms with Crippen LogP contribution >= 0.6 is 0 Å². The van der Waals surface area contributed by atoms with Crippen LogP contribution in [-0.2, 0) is 4.79 Å². The summed E-state index contributed by atoms with van der Waals surface area (Å²) in [5, 5.41) is 9.55. The fourth-order valence-electron chi connectivity index (χ4n) is 4.72. The number of rotatable bonds is 3. The molecule has 2 aliphatic carbocycles. The summed E-state index contributed by atoms with van der Waals surface area (Å²) in [6.45, 7) is 4.44. The number of hydrogen-bond acceptors (Lipinski definition) is 3. The second kappa shape index (κ2) is 7.10. The Morgan fingerprint density at radius 2 is 1.33 bits per heavy atom. The van der Waals surface area contributed by atoms with Crippen LogP contribution in [0, 0.1) is 5.92 Å². The summed E-state index contributed by atoms with van der Waals surface area (Å²) in [5.41, 5.74) is 0. The van der Waals surface area contributed by atoms with Crippen LogP contribution in [0.4, 0.5) is 0 Å². The zero-order chi connectivity index (χ0) is 14.7. The molecule has 21 heavy (non-hydrogen) atoms. The van der Waals surface area contributed by atoms with Crippen LogP contribution in [-0.4, -0.2) is 59.1 Å². The van der Waals surface area contributed by atoms with Crippen LogP contribution in [0.3, 0.4) is 0 Å². The van der Waals surface area contributed by atoms with Gasteiger partial charge < -0.3 is 5.11 Å². The van der Waals surface area contributed by atoms with Gasteiger partial charge in [0.05, 0.1) is 5.92 Å². The Morgan fingerprint density at radius 1 is 0.762 bits per heavy atom. The minimum Gasteiger partial charge on any atom is -0.481 e. The topological polar surface area (TPSA) is 43.8 Å². The van der Waals surface area contributed by atoms with E-state index in [0.29, 0.717) is 0 Å². The highest BCUT2D eigenvalue weighted by Gasteiger charge is 2.36. The highest BCUT2D eigenvalue weighted by atomic mass is 16.4. The first-order valence-electron chi connectivity index (χ1n) is 8.96. The number of piperazine rings is 1. The molecule has 1 N–H and O–H groups in total. The summed E-state index contributed by atoms with van der Waals surface area (Å²) in [4.78, 5) is 16.8. The summed E-state index contributed by atoms with van der Waals surface area (Å²) in [5.74, 6) is -0.703. The Bertz CT molecular complexity index is 347. The van der Waals surface area contributed by atoms with Gasteiger partial charge >= 0.3 is 5.97 Å². The van der Waals surface area contributed by atoms with Gasteiger partial charge in [-0.15, -0.1) is 0 Å². The van der Waals surface area contributed by atoms with Crippen molar-refractivity contribution in [3.05, 3.63) is 0 Å². The number of carboxylic acid groups (broad SMARTS) is 1. The summed E-state index contributed by atoms with van der Waals surface area (Å²) < 4.78 is 0. The molecule has 0 amide bonds. The molecule has 0 aromatic rings. The lowest BCUT2D eigenvalue weighted by atomic mass is 9.93. The summed E-state index contributed by atoms with van der Waals surface area (Å²) in [6, 6.07) is 1.10. The van der Waals surface area contributed by atoms with Crippen molar-refractivity contribution in [1.29, 1.82) is 0 Å². The zero-order valence-corrected chi connectivity index (χ0v) is 13.2. The second-order valence-corrected chi connectivity index (χ2v) is 7.16. The summed E-state index contributed by atoms with van der Waals surface area (Å²) in [6.07, 6.45) is 11.0. The highest BCUT2D eigenvalue weighted by molar-refractivity contribution is 5.70. The molecule has 0 radical (unpaired) electrons. The molecular weight excluding hydrogens is 264 g/mol. The Balaban J connectivity index is 1.57. The molecule has 4 nitrogen and oxygen atoms in total. The molecule has 120 valence electrons. The van der Waals surface area contributed by atoms with Crippen LogP contribution in [0.1, 0.15) is 57.8 Å². The molecule has 1 saturated heterocycles. The Kier molecular flexibility index (Phi) is 5.17. The van der Waals surface area contributed by atoms with Gasteiger partial charge in [-0.2, -0.15) is 0 Å². The maximum absolute atomic E-state index is 11.6. The van der Waals surface area contributed by atoms with Gasteiger partial charge in [0.1, 0.15) is 0 Å². The third kappa shape index (κ3) is 3.59. The number of aliphatic carboxylic acids is 1. The van der Waals surface area contributed by atoms with Crippen LogP contribution in [0.15, 0.2) is 0 Å². The van der Waals surface area contributed by atoms with Crippen LogP contribution in [0.2, 0.25) is 0 Å². The van der Waals surface area contributed by atoms with E-state index in [1.54, 1.807) is 0 Å². The van der Waals surface area contributed by atoms with Crippen molar-refractivity contribution < 1.29 is 9.90 Å². The van der Waals surface area contributed by atoms with Crippen molar-refractivity contribution in [3.63, 3.8) is 0 Å². The van der Waals surface area contributed by atoms with Crippen molar-refractivity contribution in [2.24, 2.45) is 5.92 Å². The summed E-state index contributed by atoms with van der Waals surface area (Å²) in [7, 11) is 0. The molecule has 1 heterocycles. The SMILES string of the molecule is O=C(O)C1CCCCCC1N1CCN(C2CCCC2)CC1. The Labute approximate surface area is 128 Å². The smallest absolute Gasteiger partial charge is 0.308 e.